The molecule has 0 N–H and O–H groups in total. The van der Waals surface area contributed by atoms with Crippen LogP contribution in [0.3, 0.4) is 0 Å². The first-order valence-electron chi connectivity index (χ1n) is 4.93. The van der Waals surface area contributed by atoms with Gasteiger partial charge >= 0.3 is 0 Å². The lowest BCUT2D eigenvalue weighted by molar-refractivity contribution is 0.612. The van der Waals surface area contributed by atoms with Gasteiger partial charge in [-0.1, -0.05) is 0 Å². The molecule has 2 aliphatic heterocycles. The molecule has 0 fully saturated rings. The molecule has 0 saturated carbocycles. The zero-order chi connectivity index (χ0) is 10.5. The minimum absolute atomic E-state index is 0.696. The Morgan fingerprint density at radius 1 is 1.12 bits per heavy atom. The molecule has 0 radical (unpaired) electrons. The molecular formula is C12H6N2O2. The third-order valence-corrected chi connectivity index (χ3v) is 2.71. The van der Waals surface area contributed by atoms with Crippen molar-refractivity contribution in [2.75, 3.05) is 0 Å². The summed E-state index contributed by atoms with van der Waals surface area (Å²) in [6, 6.07) is 7.75. The summed E-state index contributed by atoms with van der Waals surface area (Å²) >= 11 is 0. The number of hydrogen-bond donors (Lipinski definition) is 0. The molecule has 76 valence electrons. The highest BCUT2D eigenvalue weighted by Crippen LogP contribution is 2.31. The van der Waals surface area contributed by atoms with Gasteiger partial charge in [0.2, 0.25) is 0 Å². The van der Waals surface area contributed by atoms with E-state index in [4.69, 9.17) is 8.83 Å². The van der Waals surface area contributed by atoms with Gasteiger partial charge in [0, 0.05) is 5.39 Å². The van der Waals surface area contributed by atoms with Crippen LogP contribution in [0.2, 0.25) is 0 Å². The predicted octanol–water partition coefficient (Wildman–Crippen LogP) is 3.07. The molecule has 0 unspecified atom stereocenters. The second-order valence-corrected chi connectivity index (χ2v) is 3.66. The number of benzene rings is 1. The van der Waals surface area contributed by atoms with Crippen molar-refractivity contribution < 1.29 is 8.83 Å². The normalized spacial score (nSPS) is 11.8. The third kappa shape index (κ3) is 0.883. The zero-order valence-electron chi connectivity index (χ0n) is 8.18. The number of aromatic nitrogens is 2. The Morgan fingerprint density at radius 2 is 2.12 bits per heavy atom. The van der Waals surface area contributed by atoms with Crippen molar-refractivity contribution in [3.05, 3.63) is 36.7 Å². The average molecular weight is 210 g/mol. The first-order valence-corrected chi connectivity index (χ1v) is 4.93. The largest absolute Gasteiger partial charge is 0.464 e. The number of hydrogen-bond acceptors (Lipinski definition) is 4. The molecule has 2 aromatic rings. The summed E-state index contributed by atoms with van der Waals surface area (Å²) in [4.78, 5) is 0. The van der Waals surface area contributed by atoms with Gasteiger partial charge in [0.25, 0.3) is 0 Å². The van der Waals surface area contributed by atoms with Crippen LogP contribution < -0.4 is 0 Å². The van der Waals surface area contributed by atoms with E-state index in [0.717, 1.165) is 27.6 Å². The summed E-state index contributed by atoms with van der Waals surface area (Å²) in [5.74, 6) is 0.696. The van der Waals surface area contributed by atoms with Gasteiger partial charge in [0.15, 0.2) is 5.76 Å². The topological polar surface area (TPSA) is 52.1 Å². The standard InChI is InChI=1S/C12H6N2O2/c1-2-10-8(3-4-15-10)12-7(1)5-9-11(16-12)6-13-14-9/h1-6H. The fourth-order valence-electron chi connectivity index (χ4n) is 1.96. The van der Waals surface area contributed by atoms with Gasteiger partial charge in [-0.2, -0.15) is 5.10 Å². The lowest BCUT2D eigenvalue weighted by Crippen LogP contribution is -1.79. The van der Waals surface area contributed by atoms with Crippen molar-refractivity contribution in [2.45, 2.75) is 0 Å². The molecule has 4 rings (SSSR count). The number of rotatable bonds is 0. The Bertz CT molecular complexity index is 769. The molecule has 0 saturated heterocycles. The van der Waals surface area contributed by atoms with Crippen LogP contribution >= 0.6 is 0 Å². The lowest BCUT2D eigenvalue weighted by atomic mass is 10.1. The summed E-state index contributed by atoms with van der Waals surface area (Å²) in [5.41, 5.74) is 2.41. The van der Waals surface area contributed by atoms with Gasteiger partial charge in [0.1, 0.15) is 16.9 Å². The highest BCUT2D eigenvalue weighted by atomic mass is 16.3. The molecule has 16 heavy (non-hydrogen) atoms. The van der Waals surface area contributed by atoms with Crippen LogP contribution in [0.5, 0.6) is 0 Å². The van der Waals surface area contributed by atoms with Crippen molar-refractivity contribution in [3.8, 4) is 11.5 Å². The van der Waals surface area contributed by atoms with Crippen LogP contribution in [0.25, 0.3) is 33.4 Å². The summed E-state index contributed by atoms with van der Waals surface area (Å²) in [7, 11) is 0. The third-order valence-electron chi connectivity index (χ3n) is 2.71. The van der Waals surface area contributed by atoms with Gasteiger partial charge in [-0.05, 0) is 24.3 Å². The van der Waals surface area contributed by atoms with Gasteiger partial charge in [-0.25, -0.2) is 0 Å². The summed E-state index contributed by atoms with van der Waals surface area (Å²) in [6.07, 6.45) is 3.28. The monoisotopic (exact) mass is 210 g/mol. The fraction of sp³-hybridized carbons (Fsp3) is 0. The lowest BCUT2D eigenvalue weighted by Gasteiger charge is -2.01. The van der Waals surface area contributed by atoms with Crippen molar-refractivity contribution in [1.82, 2.24) is 10.2 Å². The summed E-state index contributed by atoms with van der Waals surface area (Å²) < 4.78 is 11.1. The number of furan rings is 1. The molecule has 2 aliphatic rings. The van der Waals surface area contributed by atoms with E-state index in [0.29, 0.717) is 5.76 Å². The van der Waals surface area contributed by atoms with Crippen LogP contribution in [0.4, 0.5) is 0 Å². The van der Waals surface area contributed by atoms with Crippen LogP contribution in [-0.4, -0.2) is 10.2 Å². The van der Waals surface area contributed by atoms with Crippen molar-refractivity contribution in [2.24, 2.45) is 0 Å². The van der Waals surface area contributed by atoms with E-state index < -0.39 is 0 Å². The van der Waals surface area contributed by atoms with Crippen LogP contribution in [0.1, 0.15) is 0 Å². The molecule has 3 heterocycles. The first-order chi connectivity index (χ1) is 7.92. The highest BCUT2D eigenvalue weighted by molar-refractivity contribution is 6.02. The fourth-order valence-corrected chi connectivity index (χ4v) is 1.96. The van der Waals surface area contributed by atoms with Gasteiger partial charge in [0.05, 0.1) is 17.8 Å². The molecule has 4 nitrogen and oxygen atoms in total. The highest BCUT2D eigenvalue weighted by Gasteiger charge is 2.12. The molecule has 0 aliphatic carbocycles. The van der Waals surface area contributed by atoms with Crippen molar-refractivity contribution in [1.29, 1.82) is 0 Å². The molecular weight excluding hydrogens is 204 g/mol. The Labute approximate surface area is 89.8 Å². The van der Waals surface area contributed by atoms with E-state index in [1.54, 1.807) is 12.5 Å². The maximum atomic E-state index is 5.77. The molecule has 4 heteroatoms. The Balaban J connectivity index is 2.31. The quantitative estimate of drug-likeness (QED) is 0.447. The second-order valence-electron chi connectivity index (χ2n) is 3.66. The van der Waals surface area contributed by atoms with Gasteiger partial charge in [-0.15, -0.1) is 5.10 Å². The van der Waals surface area contributed by atoms with E-state index in [9.17, 15) is 0 Å². The van der Waals surface area contributed by atoms with E-state index in [-0.39, 0.29) is 0 Å². The van der Waals surface area contributed by atoms with E-state index in [1.807, 2.05) is 24.3 Å². The molecule has 1 aromatic heterocycles. The van der Waals surface area contributed by atoms with E-state index in [1.165, 1.54) is 0 Å². The molecule has 1 aromatic carbocycles. The van der Waals surface area contributed by atoms with Crippen molar-refractivity contribution >= 4 is 21.9 Å². The Kier molecular flexibility index (Phi) is 1.28. The van der Waals surface area contributed by atoms with E-state index >= 15 is 0 Å². The molecule has 0 atom stereocenters. The first kappa shape index (κ1) is 7.87. The minimum atomic E-state index is 0.696. The van der Waals surface area contributed by atoms with Crippen molar-refractivity contribution in [3.63, 3.8) is 0 Å². The van der Waals surface area contributed by atoms with Crippen LogP contribution in [0.15, 0.2) is 45.6 Å². The SMILES string of the molecule is c1cc2c(ccc3cc4nncc-4oc32)o1. The Hall–Kier alpha value is -2.36. The predicted molar refractivity (Wildman–Crippen MR) is 58.2 cm³/mol. The summed E-state index contributed by atoms with van der Waals surface area (Å²) in [5, 5.41) is 9.77. The smallest absolute Gasteiger partial charge is 0.175 e. The number of fused-ring (bicyclic) bond motifs is 4. The van der Waals surface area contributed by atoms with Crippen LogP contribution in [-0.2, 0) is 0 Å². The zero-order valence-corrected chi connectivity index (χ0v) is 8.18. The molecule has 0 amide bonds. The summed E-state index contributed by atoms with van der Waals surface area (Å²) in [6.45, 7) is 0. The molecule has 0 bridgehead atoms. The Morgan fingerprint density at radius 3 is 3.12 bits per heavy atom. The van der Waals surface area contributed by atoms with E-state index in [2.05, 4.69) is 10.2 Å². The van der Waals surface area contributed by atoms with Crippen LogP contribution in [0, 0.1) is 0 Å². The average Bonchev–Trinajstić information content (AvgIpc) is 2.94. The second kappa shape index (κ2) is 2.61. The maximum Gasteiger partial charge on any atom is 0.175 e. The maximum absolute atomic E-state index is 5.77. The molecule has 0 spiro atoms. The van der Waals surface area contributed by atoms with Gasteiger partial charge < -0.3 is 8.83 Å². The van der Waals surface area contributed by atoms with Gasteiger partial charge in [-0.3, -0.25) is 0 Å². The number of nitrogens with zero attached hydrogens (tertiary/aromatic N) is 2. The minimum Gasteiger partial charge on any atom is -0.464 e.